The Balaban J connectivity index is -0.0000000356. The molecule has 0 fully saturated rings. The van der Waals surface area contributed by atoms with E-state index in [4.69, 9.17) is 0 Å². The van der Waals surface area contributed by atoms with Gasteiger partial charge in [-0.3, -0.25) is 0 Å². The molecule has 4 aromatic rings. The molecule has 0 aliphatic carbocycles. The van der Waals surface area contributed by atoms with Crippen LogP contribution in [0.25, 0.3) is 0 Å². The summed E-state index contributed by atoms with van der Waals surface area (Å²) < 4.78 is 0. The van der Waals surface area contributed by atoms with E-state index in [1.165, 1.54) is 11.1 Å². The van der Waals surface area contributed by atoms with Crippen LogP contribution in [0.4, 0.5) is 0 Å². The Morgan fingerprint density at radius 3 is 0.846 bits per heavy atom. The van der Waals surface area contributed by atoms with Gasteiger partial charge in [0.15, 0.2) is 0 Å². The predicted molar refractivity (Wildman–Crippen MR) is 219 cm³/mol. The first-order valence-corrected chi connectivity index (χ1v) is 17.4. The van der Waals surface area contributed by atoms with Crippen LogP contribution in [0.3, 0.4) is 0 Å². The molecule has 4 nitrogen and oxygen atoms in total. The standard InChI is InChI=1S/4C7H8N.2C3H7.4C2H6.2CH3.4Y/c2*1-2-7-4-3-5-8-6-7;2*1-2-7-5-3-4-6-8-7;2*1-3-2;4*1-2;;;;;;/h2*3-4,6H,2H2,1H3;2*3,5-6H,2H2,1H3;2*1,3H2,2H3;4*1-2H3;2*1H3;;;;/q6*-1;;;;;2*-1;;;;. The van der Waals surface area contributed by atoms with Gasteiger partial charge in [-0.2, -0.15) is 49.2 Å². The fourth-order valence-corrected chi connectivity index (χ4v) is 2.24. The van der Waals surface area contributed by atoms with Gasteiger partial charge in [0.25, 0.3) is 0 Å². The Hall–Kier alpha value is 1.02. The molecule has 4 aromatic heterocycles. The van der Waals surface area contributed by atoms with Crippen molar-refractivity contribution in [3.8, 4) is 0 Å². The molecule has 0 amide bonds. The average molecular weight is 1020 g/mol. The SMILES string of the molecule is CC.CC.CC.CC.CCc1cc[c-]cn1.CCc1cc[c-]cn1.CCc1cc[c-]nc1.CCc1cc[c-]nc1.[CH2-]CC.[CH2-]CC.[CH3-].[CH3-].[Y].[Y].[Y].[Y]. The molecule has 0 aliphatic rings. The summed E-state index contributed by atoms with van der Waals surface area (Å²) in [5.74, 6) is 0. The van der Waals surface area contributed by atoms with Gasteiger partial charge in [0.1, 0.15) is 0 Å². The molecule has 0 bridgehead atoms. The topological polar surface area (TPSA) is 51.6 Å². The van der Waals surface area contributed by atoms with Gasteiger partial charge in [0.05, 0.1) is 0 Å². The maximum Gasteiger partial charge on any atom is 0 e. The Kier molecular flexibility index (Phi) is 146. The molecular weight excluding hydrogens is 940 g/mol. The number of aromatic nitrogens is 4. The number of hydrogen-bond donors (Lipinski definition) is 0. The Labute approximate surface area is 429 Å². The molecule has 52 heavy (non-hydrogen) atoms. The summed E-state index contributed by atoms with van der Waals surface area (Å²) in [4.78, 5) is 15.7. The van der Waals surface area contributed by atoms with Crippen LogP contribution in [0.15, 0.2) is 73.3 Å². The van der Waals surface area contributed by atoms with Gasteiger partial charge in [-0.05, 0) is 24.2 Å². The van der Waals surface area contributed by atoms with E-state index in [9.17, 15) is 0 Å². The molecule has 8 heteroatoms. The minimum atomic E-state index is 0. The summed E-state index contributed by atoms with van der Waals surface area (Å²) in [6.45, 7) is 35.4. The average Bonchev–Trinajstić information content (AvgIpc) is 3.17. The molecule has 0 saturated heterocycles. The molecule has 0 aromatic carbocycles. The van der Waals surface area contributed by atoms with Crippen molar-refractivity contribution < 1.29 is 131 Å². The van der Waals surface area contributed by atoms with Gasteiger partial charge in [-0.25, -0.2) is 24.3 Å². The Morgan fingerprint density at radius 2 is 0.731 bits per heavy atom. The molecule has 0 unspecified atom stereocenters. The van der Waals surface area contributed by atoms with Gasteiger partial charge in [-0.1, -0.05) is 147 Å². The zero-order chi connectivity index (χ0) is 36.7. The fourth-order valence-electron chi connectivity index (χ4n) is 2.24. The van der Waals surface area contributed by atoms with Crippen molar-refractivity contribution >= 4 is 0 Å². The van der Waals surface area contributed by atoms with Gasteiger partial charge < -0.3 is 48.6 Å². The smallest absolute Gasteiger partial charge is 0 e. The summed E-state index contributed by atoms with van der Waals surface area (Å²) in [5, 5.41) is 0. The van der Waals surface area contributed by atoms with Gasteiger partial charge in [0, 0.05) is 131 Å². The summed E-state index contributed by atoms with van der Waals surface area (Å²) in [6, 6.07) is 21.1. The second-order valence-electron chi connectivity index (χ2n) is 7.50. The van der Waals surface area contributed by atoms with Crippen molar-refractivity contribution in [2.45, 2.75) is 135 Å². The van der Waals surface area contributed by atoms with Crippen LogP contribution >= 0.6 is 0 Å². The monoisotopic (exact) mass is 1020 g/mol. The van der Waals surface area contributed by atoms with Crippen LogP contribution in [-0.2, 0) is 157 Å². The maximum absolute atomic E-state index is 4.04. The predicted octanol–water partition coefficient (Wildman–Crippen LogP) is 13.2. The molecule has 0 atom stereocenters. The Bertz CT molecular complexity index is 793. The first kappa shape index (κ1) is 85.3. The van der Waals surface area contributed by atoms with Gasteiger partial charge in [-0.15, -0.1) is 11.1 Å². The minimum absolute atomic E-state index is 0. The van der Waals surface area contributed by atoms with Gasteiger partial charge in [0.2, 0.25) is 0 Å². The quantitative estimate of drug-likeness (QED) is 0.191. The number of hydrogen-bond acceptors (Lipinski definition) is 4. The molecular formula is C44H76N4Y4-8. The van der Waals surface area contributed by atoms with E-state index in [1.54, 1.807) is 12.4 Å². The van der Waals surface area contributed by atoms with Crippen LogP contribution in [0, 0.1) is 53.2 Å². The van der Waals surface area contributed by atoms with E-state index in [0.717, 1.165) is 49.9 Å². The van der Waals surface area contributed by atoms with E-state index < -0.39 is 0 Å². The third-order valence-corrected chi connectivity index (χ3v) is 4.25. The first-order chi connectivity index (χ1) is 22.6. The van der Waals surface area contributed by atoms with Crippen LogP contribution in [0.2, 0.25) is 0 Å². The van der Waals surface area contributed by atoms with Crippen LogP contribution in [0.1, 0.15) is 132 Å². The maximum atomic E-state index is 4.04. The third-order valence-electron chi connectivity index (χ3n) is 4.25. The summed E-state index contributed by atoms with van der Waals surface area (Å²) in [6.07, 6.45) is 18.6. The zero-order valence-corrected chi connectivity index (χ0v) is 48.0. The molecule has 4 radical (unpaired) electrons. The third kappa shape index (κ3) is 75.9. The fraction of sp³-hybridized carbons (Fsp3) is 0.455. The van der Waals surface area contributed by atoms with Crippen molar-refractivity contribution in [1.82, 2.24) is 19.9 Å². The number of rotatable bonds is 4. The van der Waals surface area contributed by atoms with Crippen molar-refractivity contribution in [1.29, 1.82) is 0 Å². The number of pyridine rings is 4. The normalized spacial score (nSPS) is 6.77. The van der Waals surface area contributed by atoms with Crippen molar-refractivity contribution in [3.05, 3.63) is 149 Å². The molecule has 0 aliphatic heterocycles. The van der Waals surface area contributed by atoms with E-state index in [2.05, 4.69) is 86.0 Å². The van der Waals surface area contributed by atoms with Crippen molar-refractivity contribution in [2.75, 3.05) is 0 Å². The van der Waals surface area contributed by atoms with Crippen LogP contribution < -0.4 is 0 Å². The minimum Gasteiger partial charge on any atom is -0.394 e. The first-order valence-electron chi connectivity index (χ1n) is 17.4. The van der Waals surface area contributed by atoms with E-state index >= 15 is 0 Å². The van der Waals surface area contributed by atoms with Crippen LogP contribution in [0.5, 0.6) is 0 Å². The number of aryl methyl sites for hydroxylation is 4. The molecule has 0 spiro atoms. The molecule has 4 rings (SSSR count). The second-order valence-corrected chi connectivity index (χ2v) is 7.50. The molecule has 4 heterocycles. The van der Waals surface area contributed by atoms with Crippen molar-refractivity contribution in [3.63, 3.8) is 0 Å². The zero-order valence-electron chi connectivity index (χ0n) is 36.7. The van der Waals surface area contributed by atoms with E-state index in [0.29, 0.717) is 0 Å². The molecule has 0 saturated carbocycles. The summed E-state index contributed by atoms with van der Waals surface area (Å²) >= 11 is 0. The summed E-state index contributed by atoms with van der Waals surface area (Å²) in [5.41, 5.74) is 4.79. The van der Waals surface area contributed by atoms with E-state index in [1.807, 2.05) is 130 Å². The Morgan fingerprint density at radius 1 is 0.462 bits per heavy atom. The van der Waals surface area contributed by atoms with Crippen LogP contribution in [-0.4, -0.2) is 19.9 Å². The molecule has 292 valence electrons. The van der Waals surface area contributed by atoms with E-state index in [-0.39, 0.29) is 146 Å². The largest absolute Gasteiger partial charge is 0.394 e. The number of nitrogens with zero attached hydrogens (tertiary/aromatic N) is 4. The molecule has 0 N–H and O–H groups in total. The second kappa shape index (κ2) is 88.9. The summed E-state index contributed by atoms with van der Waals surface area (Å²) in [7, 11) is 0. The van der Waals surface area contributed by atoms with Gasteiger partial charge >= 0.3 is 0 Å². The van der Waals surface area contributed by atoms with Crippen molar-refractivity contribution in [2.24, 2.45) is 0 Å².